The normalized spacial score (nSPS) is 15.3. The number of amides is 1. The van der Waals surface area contributed by atoms with Gasteiger partial charge in [0.2, 0.25) is 5.95 Å². The van der Waals surface area contributed by atoms with E-state index in [1.807, 2.05) is 61.5 Å². The largest absolute Gasteiger partial charge is 0.489 e. The fraction of sp³-hybridized carbons (Fsp3) is 0.136. The Kier molecular flexibility index (Phi) is 5.11. The maximum absolute atomic E-state index is 13.3. The van der Waals surface area contributed by atoms with Crippen molar-refractivity contribution in [1.82, 2.24) is 14.8 Å². The van der Waals surface area contributed by atoms with Crippen molar-refractivity contribution >= 4 is 17.5 Å². The number of hydrogen-bond acceptors (Lipinski definition) is 5. The zero-order valence-corrected chi connectivity index (χ0v) is 16.0. The summed E-state index contributed by atoms with van der Waals surface area (Å²) >= 11 is 0. The minimum atomic E-state index is -0.488. The van der Waals surface area contributed by atoms with Crippen LogP contribution in [0.1, 0.15) is 18.5 Å². The third-order valence-corrected chi connectivity index (χ3v) is 4.64. The average molecular weight is 387 g/mol. The Labute approximate surface area is 168 Å². The van der Waals surface area contributed by atoms with Gasteiger partial charge in [0.1, 0.15) is 24.7 Å². The van der Waals surface area contributed by atoms with Gasteiger partial charge in [-0.3, -0.25) is 4.79 Å². The number of carbonyl (C=O) groups is 1. The molecule has 2 heterocycles. The second-order valence-electron chi connectivity index (χ2n) is 6.55. The van der Waals surface area contributed by atoms with Crippen LogP contribution in [0.3, 0.4) is 0 Å². The van der Waals surface area contributed by atoms with E-state index in [9.17, 15) is 4.79 Å². The molecule has 2 aromatic carbocycles. The number of para-hydroxylation sites is 2. The number of rotatable bonds is 6. The van der Waals surface area contributed by atoms with Crippen LogP contribution < -0.4 is 15.4 Å². The van der Waals surface area contributed by atoms with Crippen LogP contribution >= 0.6 is 0 Å². The van der Waals surface area contributed by atoms with Crippen molar-refractivity contribution in [2.75, 3.05) is 17.2 Å². The third-order valence-electron chi connectivity index (χ3n) is 4.64. The average Bonchev–Trinajstić information content (AvgIpc) is 3.20. The van der Waals surface area contributed by atoms with Gasteiger partial charge in [-0.15, -0.1) is 0 Å². The Morgan fingerprint density at radius 2 is 2.00 bits per heavy atom. The van der Waals surface area contributed by atoms with E-state index >= 15 is 0 Å². The lowest BCUT2D eigenvalue weighted by atomic mass is 9.94. The molecule has 0 unspecified atom stereocenters. The summed E-state index contributed by atoms with van der Waals surface area (Å²) in [5, 5.41) is 10.5. The standard InChI is InChI=1S/C22H21N5O2/c1-3-13-29-18-12-8-7-11-17(18)20-19(15(2)25-22-23-14-24-27(20)22)21(28)26-16-9-5-4-6-10-16/h3-12,14,20H,1,13H2,2H3,(H,26,28)(H,23,24,25)/t20-/m1/s1. The van der Waals surface area contributed by atoms with Gasteiger partial charge in [0.05, 0.1) is 5.57 Å². The van der Waals surface area contributed by atoms with E-state index in [0.29, 0.717) is 29.6 Å². The summed E-state index contributed by atoms with van der Waals surface area (Å²) in [5.74, 6) is 1.02. The van der Waals surface area contributed by atoms with E-state index in [4.69, 9.17) is 4.74 Å². The number of benzene rings is 2. The molecule has 7 nitrogen and oxygen atoms in total. The van der Waals surface area contributed by atoms with Gasteiger partial charge in [0.25, 0.3) is 5.91 Å². The zero-order valence-electron chi connectivity index (χ0n) is 16.0. The molecule has 7 heteroatoms. The predicted molar refractivity (Wildman–Crippen MR) is 112 cm³/mol. The molecule has 1 atom stereocenters. The number of ether oxygens (including phenoxy) is 1. The topological polar surface area (TPSA) is 81.1 Å². The molecule has 4 rings (SSSR count). The Bertz CT molecular complexity index is 1070. The molecule has 146 valence electrons. The van der Waals surface area contributed by atoms with E-state index in [0.717, 1.165) is 11.3 Å². The number of allylic oxidation sites excluding steroid dienone is 1. The summed E-state index contributed by atoms with van der Waals surface area (Å²) in [5.41, 5.74) is 2.79. The van der Waals surface area contributed by atoms with Gasteiger partial charge in [-0.05, 0) is 25.1 Å². The Balaban J connectivity index is 1.79. The highest BCUT2D eigenvalue weighted by Gasteiger charge is 2.35. The lowest BCUT2D eigenvalue weighted by molar-refractivity contribution is -0.113. The van der Waals surface area contributed by atoms with Crippen LogP contribution in [0.25, 0.3) is 0 Å². The number of aromatic nitrogens is 3. The number of nitrogens with one attached hydrogen (secondary N) is 2. The van der Waals surface area contributed by atoms with E-state index in [2.05, 4.69) is 27.3 Å². The molecular weight excluding hydrogens is 366 g/mol. The van der Waals surface area contributed by atoms with E-state index in [-0.39, 0.29) is 5.91 Å². The van der Waals surface area contributed by atoms with Crippen LogP contribution in [-0.4, -0.2) is 27.3 Å². The van der Waals surface area contributed by atoms with E-state index in [1.165, 1.54) is 6.33 Å². The highest BCUT2D eigenvalue weighted by Crippen LogP contribution is 2.39. The summed E-state index contributed by atoms with van der Waals surface area (Å²) in [7, 11) is 0. The smallest absolute Gasteiger partial charge is 0.255 e. The monoisotopic (exact) mass is 387 g/mol. The third kappa shape index (κ3) is 3.62. The molecule has 0 fully saturated rings. The molecule has 1 aliphatic rings. The SMILES string of the molecule is C=CCOc1ccccc1[C@@H]1C(C(=O)Nc2ccccc2)=C(C)Nc2ncnn21. The molecule has 0 bridgehead atoms. The number of hydrogen-bond donors (Lipinski definition) is 2. The van der Waals surface area contributed by atoms with E-state index < -0.39 is 6.04 Å². The van der Waals surface area contributed by atoms with Crippen LogP contribution in [0.15, 0.2) is 84.8 Å². The van der Waals surface area contributed by atoms with Crippen molar-refractivity contribution < 1.29 is 9.53 Å². The molecule has 2 N–H and O–H groups in total. The first kappa shape index (κ1) is 18.5. The predicted octanol–water partition coefficient (Wildman–Crippen LogP) is 3.77. The number of carbonyl (C=O) groups excluding carboxylic acids is 1. The highest BCUT2D eigenvalue weighted by atomic mass is 16.5. The van der Waals surface area contributed by atoms with Crippen LogP contribution in [-0.2, 0) is 4.79 Å². The molecule has 0 aliphatic carbocycles. The first-order chi connectivity index (χ1) is 14.2. The van der Waals surface area contributed by atoms with Crippen molar-refractivity contribution in [3.05, 3.63) is 90.4 Å². The van der Waals surface area contributed by atoms with Gasteiger partial charge in [-0.2, -0.15) is 10.1 Å². The van der Waals surface area contributed by atoms with Crippen molar-refractivity contribution in [1.29, 1.82) is 0 Å². The van der Waals surface area contributed by atoms with Crippen molar-refractivity contribution in [3.8, 4) is 5.75 Å². The Hall–Kier alpha value is -3.87. The van der Waals surface area contributed by atoms with Gasteiger partial charge >= 0.3 is 0 Å². The van der Waals surface area contributed by atoms with Gasteiger partial charge in [-0.25, -0.2) is 4.68 Å². The quantitative estimate of drug-likeness (QED) is 0.629. The van der Waals surface area contributed by atoms with Crippen LogP contribution in [0, 0.1) is 0 Å². The number of fused-ring (bicyclic) bond motifs is 1. The van der Waals surface area contributed by atoms with Crippen molar-refractivity contribution in [3.63, 3.8) is 0 Å². The minimum Gasteiger partial charge on any atom is -0.489 e. The molecule has 0 radical (unpaired) electrons. The molecule has 3 aromatic rings. The molecule has 0 spiro atoms. The molecule has 1 amide bonds. The summed E-state index contributed by atoms with van der Waals surface area (Å²) < 4.78 is 7.56. The number of nitrogens with zero attached hydrogens (tertiary/aromatic N) is 3. The molecule has 0 saturated heterocycles. The second kappa shape index (κ2) is 8.02. The maximum atomic E-state index is 13.3. The molecule has 1 aromatic heterocycles. The lowest BCUT2D eigenvalue weighted by Crippen LogP contribution is -2.31. The molecular formula is C22H21N5O2. The van der Waals surface area contributed by atoms with Gasteiger partial charge < -0.3 is 15.4 Å². The first-order valence-corrected chi connectivity index (χ1v) is 9.25. The van der Waals surface area contributed by atoms with Gasteiger partial charge in [0, 0.05) is 16.9 Å². The van der Waals surface area contributed by atoms with Crippen molar-refractivity contribution in [2.45, 2.75) is 13.0 Å². The van der Waals surface area contributed by atoms with Gasteiger partial charge in [-0.1, -0.05) is 49.1 Å². The summed E-state index contributed by atoms with van der Waals surface area (Å²) in [6.07, 6.45) is 3.15. The zero-order chi connectivity index (χ0) is 20.2. The Morgan fingerprint density at radius 3 is 2.79 bits per heavy atom. The fourth-order valence-electron chi connectivity index (χ4n) is 3.38. The summed E-state index contributed by atoms with van der Waals surface area (Å²) in [4.78, 5) is 17.6. The lowest BCUT2D eigenvalue weighted by Gasteiger charge is -2.29. The Morgan fingerprint density at radius 1 is 1.24 bits per heavy atom. The second-order valence-corrected chi connectivity index (χ2v) is 6.55. The van der Waals surface area contributed by atoms with Crippen LogP contribution in [0.4, 0.5) is 11.6 Å². The molecule has 0 saturated carbocycles. The summed E-state index contributed by atoms with van der Waals surface area (Å²) in [6, 6.07) is 16.5. The van der Waals surface area contributed by atoms with Crippen LogP contribution in [0.5, 0.6) is 5.75 Å². The first-order valence-electron chi connectivity index (χ1n) is 9.25. The maximum Gasteiger partial charge on any atom is 0.255 e. The van der Waals surface area contributed by atoms with Crippen LogP contribution in [0.2, 0.25) is 0 Å². The van der Waals surface area contributed by atoms with Crippen molar-refractivity contribution in [2.24, 2.45) is 0 Å². The van der Waals surface area contributed by atoms with Gasteiger partial charge in [0.15, 0.2) is 0 Å². The fourth-order valence-corrected chi connectivity index (χ4v) is 3.38. The minimum absolute atomic E-state index is 0.217. The summed E-state index contributed by atoms with van der Waals surface area (Å²) in [6.45, 7) is 5.93. The molecule has 29 heavy (non-hydrogen) atoms. The highest BCUT2D eigenvalue weighted by molar-refractivity contribution is 6.06. The molecule has 1 aliphatic heterocycles. The number of anilines is 2. The van der Waals surface area contributed by atoms with E-state index in [1.54, 1.807) is 10.8 Å².